The molecule has 0 bridgehead atoms. The first-order valence-corrected chi connectivity index (χ1v) is 12.1. The number of ether oxygens (including phenoxy) is 1. The summed E-state index contributed by atoms with van der Waals surface area (Å²) in [7, 11) is 0. The molecular formula is C26H29N3O4S. The molecule has 4 rings (SSSR count). The number of esters is 1. The third kappa shape index (κ3) is 4.97. The maximum absolute atomic E-state index is 13.3. The van der Waals surface area contributed by atoms with Crippen molar-refractivity contribution in [1.82, 2.24) is 10.2 Å². The van der Waals surface area contributed by atoms with Gasteiger partial charge in [0.05, 0.1) is 42.6 Å². The zero-order valence-corrected chi connectivity index (χ0v) is 20.9. The van der Waals surface area contributed by atoms with E-state index in [1.807, 2.05) is 51.0 Å². The van der Waals surface area contributed by atoms with E-state index < -0.39 is 6.04 Å². The van der Waals surface area contributed by atoms with E-state index in [9.17, 15) is 9.59 Å². The molecule has 0 radical (unpaired) electrons. The third-order valence-corrected chi connectivity index (χ3v) is 6.56. The Morgan fingerprint density at radius 1 is 1.24 bits per heavy atom. The molecule has 0 saturated heterocycles. The Bertz CT molecular complexity index is 1190. The number of fused-ring (bicyclic) bond motifs is 1. The molecule has 0 spiro atoms. The number of nitrogens with zero attached hydrogens (tertiary/aromatic N) is 2. The Hall–Kier alpha value is -3.26. The van der Waals surface area contributed by atoms with Crippen LogP contribution in [0.3, 0.4) is 0 Å². The van der Waals surface area contributed by atoms with Crippen LogP contribution in [0.25, 0.3) is 0 Å². The van der Waals surface area contributed by atoms with Crippen LogP contribution in [-0.2, 0) is 20.9 Å². The van der Waals surface area contributed by atoms with Crippen LogP contribution >= 0.6 is 11.8 Å². The molecule has 7 nitrogen and oxygen atoms in total. The number of aliphatic imine (C=N–C) groups is 1. The Kier molecular flexibility index (Phi) is 6.97. The van der Waals surface area contributed by atoms with Crippen molar-refractivity contribution in [1.29, 1.82) is 0 Å². The number of hydrogen-bond donors (Lipinski definition) is 1. The summed E-state index contributed by atoms with van der Waals surface area (Å²) < 4.78 is 10.9. The number of amides is 1. The van der Waals surface area contributed by atoms with Crippen LogP contribution in [-0.4, -0.2) is 28.0 Å². The number of aryl methyl sites for hydroxylation is 2. The summed E-state index contributed by atoms with van der Waals surface area (Å²) in [6.45, 7) is 9.88. The average Bonchev–Trinajstić information content (AvgIpc) is 3.43. The minimum Gasteiger partial charge on any atom is -0.467 e. The Labute approximate surface area is 203 Å². The van der Waals surface area contributed by atoms with Gasteiger partial charge in [-0.05, 0) is 63.3 Å². The molecule has 1 N–H and O–H groups in total. The molecule has 2 aromatic rings. The van der Waals surface area contributed by atoms with E-state index in [4.69, 9.17) is 14.1 Å². The first-order chi connectivity index (χ1) is 16.2. The second-order valence-electron chi connectivity index (χ2n) is 8.74. The number of benzene rings is 1. The molecule has 2 aliphatic rings. The van der Waals surface area contributed by atoms with Crippen LogP contribution in [0.1, 0.15) is 55.7 Å². The van der Waals surface area contributed by atoms with Crippen LogP contribution < -0.4 is 5.32 Å². The lowest BCUT2D eigenvalue weighted by atomic mass is 9.90. The molecule has 34 heavy (non-hydrogen) atoms. The summed E-state index contributed by atoms with van der Waals surface area (Å²) in [6.07, 6.45) is 1.47. The minimum atomic E-state index is -0.433. The monoisotopic (exact) mass is 479 g/mol. The molecule has 0 fully saturated rings. The molecule has 1 aromatic carbocycles. The second kappa shape index (κ2) is 9.93. The molecule has 178 valence electrons. The molecule has 0 aliphatic carbocycles. The highest BCUT2D eigenvalue weighted by molar-refractivity contribution is 8.16. The largest absolute Gasteiger partial charge is 0.467 e. The van der Waals surface area contributed by atoms with Crippen LogP contribution in [0.2, 0.25) is 0 Å². The number of nitrogens with one attached hydrogen (secondary N) is 1. The van der Waals surface area contributed by atoms with Gasteiger partial charge >= 0.3 is 5.97 Å². The van der Waals surface area contributed by atoms with E-state index >= 15 is 0 Å². The predicted octanol–water partition coefficient (Wildman–Crippen LogP) is 5.13. The van der Waals surface area contributed by atoms with Crippen LogP contribution in [0, 0.1) is 13.8 Å². The van der Waals surface area contributed by atoms with Crippen molar-refractivity contribution in [3.63, 3.8) is 0 Å². The van der Waals surface area contributed by atoms with Crippen molar-refractivity contribution in [2.75, 3.05) is 0 Å². The Balaban J connectivity index is 1.68. The summed E-state index contributed by atoms with van der Waals surface area (Å²) >= 11 is 1.46. The van der Waals surface area contributed by atoms with Crippen molar-refractivity contribution >= 4 is 28.8 Å². The molecule has 8 heteroatoms. The zero-order chi connectivity index (χ0) is 24.4. The lowest BCUT2D eigenvalue weighted by Crippen LogP contribution is -2.38. The van der Waals surface area contributed by atoms with Gasteiger partial charge in [0, 0.05) is 5.70 Å². The summed E-state index contributed by atoms with van der Waals surface area (Å²) in [5.74, 6) is 0.162. The topological polar surface area (TPSA) is 84.1 Å². The number of carbonyl (C=O) groups is 2. The highest BCUT2D eigenvalue weighted by atomic mass is 32.2. The summed E-state index contributed by atoms with van der Waals surface area (Å²) in [4.78, 5) is 32.8. The minimum absolute atomic E-state index is 0.137. The number of thioether (sulfide) groups is 1. The number of furan rings is 1. The molecule has 1 aromatic heterocycles. The molecular weight excluding hydrogens is 450 g/mol. The van der Waals surface area contributed by atoms with Crippen molar-refractivity contribution in [2.45, 2.75) is 59.7 Å². The molecule has 1 unspecified atom stereocenters. The van der Waals surface area contributed by atoms with E-state index in [1.165, 1.54) is 11.8 Å². The quantitative estimate of drug-likeness (QED) is 0.554. The van der Waals surface area contributed by atoms with Gasteiger partial charge in [-0.15, -0.1) is 0 Å². The zero-order valence-electron chi connectivity index (χ0n) is 20.0. The van der Waals surface area contributed by atoms with E-state index in [0.717, 1.165) is 27.6 Å². The highest BCUT2D eigenvalue weighted by Crippen LogP contribution is 2.45. The first kappa shape index (κ1) is 23.9. The van der Waals surface area contributed by atoms with Gasteiger partial charge in [0.25, 0.3) is 0 Å². The standard InChI is InChI=1S/C26H29N3O4S/c1-15(2)33-25(31)23-18(5)28-26-29(24(23)21-11-16(3)8-9-17(21)4)19(14-34-26)12-22(30)27-13-20-7-6-10-32-20/h6-11,14-15,24H,12-13H2,1-5H3,(H,27,30). The fourth-order valence-corrected chi connectivity index (χ4v) is 5.05. The van der Waals surface area contributed by atoms with Gasteiger partial charge < -0.3 is 19.4 Å². The fraction of sp³-hybridized carbons (Fsp3) is 0.346. The number of rotatable bonds is 7. The second-order valence-corrected chi connectivity index (χ2v) is 9.58. The molecule has 1 amide bonds. The Morgan fingerprint density at radius 2 is 2.03 bits per heavy atom. The van der Waals surface area contributed by atoms with Gasteiger partial charge in [0.15, 0.2) is 5.17 Å². The van der Waals surface area contributed by atoms with Crippen LogP contribution in [0.15, 0.2) is 68.4 Å². The van der Waals surface area contributed by atoms with Crippen molar-refractivity contribution in [2.24, 2.45) is 4.99 Å². The predicted molar refractivity (Wildman–Crippen MR) is 133 cm³/mol. The maximum atomic E-state index is 13.3. The van der Waals surface area contributed by atoms with Crippen molar-refractivity contribution in [3.05, 3.63) is 81.4 Å². The van der Waals surface area contributed by atoms with E-state index in [1.54, 1.807) is 12.3 Å². The highest BCUT2D eigenvalue weighted by Gasteiger charge is 2.41. The first-order valence-electron chi connectivity index (χ1n) is 11.3. The van der Waals surface area contributed by atoms with Crippen LogP contribution in [0.4, 0.5) is 0 Å². The molecule has 0 saturated carbocycles. The van der Waals surface area contributed by atoms with Gasteiger partial charge in [-0.1, -0.05) is 35.5 Å². The maximum Gasteiger partial charge on any atom is 0.338 e. The van der Waals surface area contributed by atoms with Gasteiger partial charge in [-0.2, -0.15) is 0 Å². The van der Waals surface area contributed by atoms with Crippen LogP contribution in [0.5, 0.6) is 0 Å². The van der Waals surface area contributed by atoms with Crippen molar-refractivity contribution in [3.8, 4) is 0 Å². The van der Waals surface area contributed by atoms with Gasteiger partial charge in [-0.3, -0.25) is 4.79 Å². The Morgan fingerprint density at radius 3 is 2.74 bits per heavy atom. The summed E-state index contributed by atoms with van der Waals surface area (Å²) in [6, 6.07) is 9.37. The summed E-state index contributed by atoms with van der Waals surface area (Å²) in [5, 5.41) is 5.58. The average molecular weight is 480 g/mol. The lowest BCUT2D eigenvalue weighted by Gasteiger charge is -2.37. The van der Waals surface area contributed by atoms with Gasteiger partial charge in [-0.25, -0.2) is 9.79 Å². The van der Waals surface area contributed by atoms with Gasteiger partial charge in [0.1, 0.15) is 5.76 Å². The normalized spacial score (nSPS) is 17.5. The number of allylic oxidation sites excluding steroid dienone is 1. The number of amidine groups is 1. The smallest absolute Gasteiger partial charge is 0.338 e. The fourth-order valence-electron chi connectivity index (χ4n) is 4.08. The van der Waals surface area contributed by atoms with E-state index in [0.29, 0.717) is 23.6 Å². The van der Waals surface area contributed by atoms with E-state index in [-0.39, 0.29) is 24.4 Å². The number of hydrogen-bond acceptors (Lipinski definition) is 7. The van der Waals surface area contributed by atoms with Crippen molar-refractivity contribution < 1.29 is 18.7 Å². The summed E-state index contributed by atoms with van der Waals surface area (Å²) in [5.41, 5.74) is 5.05. The molecule has 3 heterocycles. The molecule has 1 atom stereocenters. The third-order valence-electron chi connectivity index (χ3n) is 5.67. The SMILES string of the molecule is CC1=C(C(=O)OC(C)C)C(c2cc(C)ccc2C)N2C(CC(=O)NCc3ccco3)=CSC2=N1. The van der Waals surface area contributed by atoms with Gasteiger partial charge in [0.2, 0.25) is 5.91 Å². The van der Waals surface area contributed by atoms with E-state index in [2.05, 4.69) is 23.5 Å². The molecule has 2 aliphatic heterocycles. The lowest BCUT2D eigenvalue weighted by molar-refractivity contribution is -0.143. The number of carbonyl (C=O) groups excluding carboxylic acids is 2.